The van der Waals surface area contributed by atoms with Crippen molar-refractivity contribution >= 4 is 52.3 Å². The van der Waals surface area contributed by atoms with Crippen molar-refractivity contribution in [2.45, 2.75) is 4.90 Å². The van der Waals surface area contributed by atoms with Crippen LogP contribution in [0.1, 0.15) is 15.9 Å². The zero-order chi connectivity index (χ0) is 21.7. The fourth-order valence-corrected chi connectivity index (χ4v) is 4.07. The second-order valence-corrected chi connectivity index (χ2v) is 7.86. The summed E-state index contributed by atoms with van der Waals surface area (Å²) in [5.74, 6) is -0.966. The summed E-state index contributed by atoms with van der Waals surface area (Å²) in [6.45, 7) is 0.0148. The minimum atomic E-state index is -0.544. The third-order valence-corrected chi connectivity index (χ3v) is 5.81. The molecular formula is C19H16N4O5S2. The Morgan fingerprint density at radius 1 is 1.37 bits per heavy atom. The number of thioether (sulfide) groups is 2. The Kier molecular flexibility index (Phi) is 6.85. The van der Waals surface area contributed by atoms with Gasteiger partial charge in [-0.25, -0.2) is 0 Å². The largest absolute Gasteiger partial charge is 0.350 e. The molecule has 0 saturated carbocycles. The highest BCUT2D eigenvalue weighted by Crippen LogP contribution is 2.32. The summed E-state index contributed by atoms with van der Waals surface area (Å²) < 4.78 is 0. The fraction of sp³-hybridized carbons (Fsp3) is 0.158. The number of nitrogens with zero attached hydrogens (tertiary/aromatic N) is 3. The van der Waals surface area contributed by atoms with Crippen LogP contribution in [0.3, 0.4) is 0 Å². The van der Waals surface area contributed by atoms with Gasteiger partial charge in [-0.15, -0.1) is 11.8 Å². The topological polar surface area (TPSA) is 123 Å². The molecule has 0 aliphatic carbocycles. The van der Waals surface area contributed by atoms with Gasteiger partial charge < -0.3 is 5.32 Å². The summed E-state index contributed by atoms with van der Waals surface area (Å²) >= 11 is 2.04. The van der Waals surface area contributed by atoms with E-state index < -0.39 is 22.0 Å². The lowest BCUT2D eigenvalue weighted by molar-refractivity contribution is -0.387. The molecule has 1 aromatic carbocycles. The molecule has 1 aliphatic rings. The lowest BCUT2D eigenvalue weighted by Crippen LogP contribution is -2.37. The highest BCUT2D eigenvalue weighted by Gasteiger charge is 2.34. The van der Waals surface area contributed by atoms with Gasteiger partial charge in [-0.2, -0.15) is 0 Å². The van der Waals surface area contributed by atoms with Crippen LogP contribution in [0.5, 0.6) is 0 Å². The van der Waals surface area contributed by atoms with Crippen LogP contribution >= 0.6 is 23.5 Å². The van der Waals surface area contributed by atoms with Gasteiger partial charge in [0.25, 0.3) is 22.7 Å². The zero-order valence-electron chi connectivity index (χ0n) is 15.7. The van der Waals surface area contributed by atoms with Crippen molar-refractivity contribution in [3.05, 3.63) is 68.9 Å². The number of nitro groups is 1. The van der Waals surface area contributed by atoms with Gasteiger partial charge in [-0.1, -0.05) is 6.07 Å². The molecule has 1 N–H and O–H groups in total. The molecule has 1 aliphatic heterocycles. The molecule has 2 heterocycles. The number of amides is 3. The first-order valence-electron chi connectivity index (χ1n) is 8.66. The second-order valence-electron chi connectivity index (χ2n) is 6.02. The van der Waals surface area contributed by atoms with Crippen LogP contribution in [0.15, 0.2) is 52.5 Å². The van der Waals surface area contributed by atoms with Crippen LogP contribution in [0, 0.1) is 10.1 Å². The number of nitrogens with one attached hydrogen (secondary N) is 1. The Hall–Kier alpha value is -3.18. The van der Waals surface area contributed by atoms with Crippen molar-refractivity contribution in [1.82, 2.24) is 15.2 Å². The van der Waals surface area contributed by atoms with E-state index in [1.165, 1.54) is 30.0 Å². The van der Waals surface area contributed by atoms with Gasteiger partial charge >= 0.3 is 0 Å². The van der Waals surface area contributed by atoms with Crippen LogP contribution in [-0.2, 0) is 4.79 Å². The Morgan fingerprint density at radius 2 is 2.17 bits per heavy atom. The van der Waals surface area contributed by atoms with Crippen LogP contribution in [-0.4, -0.2) is 51.2 Å². The molecule has 0 bridgehead atoms. The maximum Gasteiger partial charge on any atom is 0.293 e. The number of carbonyl (C=O) groups excluding carboxylic acids is 3. The van der Waals surface area contributed by atoms with E-state index in [1.54, 1.807) is 36.9 Å². The van der Waals surface area contributed by atoms with Crippen molar-refractivity contribution in [1.29, 1.82) is 0 Å². The number of imide groups is 1. The van der Waals surface area contributed by atoms with Gasteiger partial charge in [0.15, 0.2) is 0 Å². The van der Waals surface area contributed by atoms with Crippen molar-refractivity contribution in [3.8, 4) is 0 Å². The Labute approximate surface area is 180 Å². The minimum absolute atomic E-state index is 0.00816. The van der Waals surface area contributed by atoms with Crippen LogP contribution in [0.2, 0.25) is 0 Å². The monoisotopic (exact) mass is 444 g/mol. The average Bonchev–Trinajstić information content (AvgIpc) is 3.01. The first-order chi connectivity index (χ1) is 14.4. The molecule has 3 amide bonds. The third kappa shape index (κ3) is 4.86. The van der Waals surface area contributed by atoms with Crippen molar-refractivity contribution in [2.24, 2.45) is 0 Å². The predicted octanol–water partition coefficient (Wildman–Crippen LogP) is 3.18. The summed E-state index contributed by atoms with van der Waals surface area (Å²) in [4.78, 5) is 53.3. The molecule has 30 heavy (non-hydrogen) atoms. The number of hydrogen-bond donors (Lipinski definition) is 1. The highest BCUT2D eigenvalue weighted by atomic mass is 32.2. The minimum Gasteiger partial charge on any atom is -0.350 e. The molecule has 1 aromatic heterocycles. The van der Waals surface area contributed by atoms with E-state index >= 15 is 0 Å². The van der Waals surface area contributed by atoms with Gasteiger partial charge in [0, 0.05) is 37.1 Å². The van der Waals surface area contributed by atoms with E-state index in [0.29, 0.717) is 10.5 Å². The molecule has 1 fully saturated rings. The first-order valence-corrected chi connectivity index (χ1v) is 10.7. The zero-order valence-corrected chi connectivity index (χ0v) is 17.4. The Bertz CT molecular complexity index is 1040. The Balaban J connectivity index is 1.61. The van der Waals surface area contributed by atoms with Crippen LogP contribution < -0.4 is 5.32 Å². The van der Waals surface area contributed by atoms with Gasteiger partial charge in [0.1, 0.15) is 0 Å². The number of nitro benzene ring substituents is 1. The summed E-state index contributed by atoms with van der Waals surface area (Å²) in [6.07, 6.45) is 6.48. The normalized spacial score (nSPS) is 15.0. The van der Waals surface area contributed by atoms with Gasteiger partial charge in [0.2, 0.25) is 0 Å². The number of pyridine rings is 1. The average molecular weight is 444 g/mol. The van der Waals surface area contributed by atoms with Crippen LogP contribution in [0.25, 0.3) is 6.08 Å². The SMILES string of the molecule is CSc1ccc(C(=O)NCCN2C(=O)S/C(=C\c3cccnc3)C2=O)cc1[N+](=O)[O-]. The maximum absolute atomic E-state index is 12.5. The second kappa shape index (κ2) is 9.55. The standard InChI is InChI=1S/C19H16N4O5S2/c1-29-15-5-4-13(10-14(15)23(27)28)17(24)21-7-8-22-18(25)16(30-19(22)26)9-12-3-2-6-20-11-12/h2-6,9-11H,7-8H2,1H3,(H,21,24)/b16-9-. The van der Waals surface area contributed by atoms with Gasteiger partial charge in [0.05, 0.1) is 14.7 Å². The Morgan fingerprint density at radius 3 is 2.83 bits per heavy atom. The summed E-state index contributed by atoms with van der Waals surface area (Å²) in [5.41, 5.74) is 0.679. The van der Waals surface area contributed by atoms with E-state index in [9.17, 15) is 24.5 Å². The molecule has 9 nitrogen and oxygen atoms in total. The number of rotatable bonds is 7. The van der Waals surface area contributed by atoms with Gasteiger partial charge in [-0.3, -0.25) is 34.4 Å². The number of hydrogen-bond acceptors (Lipinski definition) is 8. The quantitative estimate of drug-likeness (QED) is 0.299. The molecule has 0 atom stereocenters. The van der Waals surface area contributed by atoms with E-state index in [0.717, 1.165) is 16.7 Å². The van der Waals surface area contributed by atoms with Gasteiger partial charge in [-0.05, 0) is 47.9 Å². The first kappa shape index (κ1) is 21.5. The predicted molar refractivity (Wildman–Crippen MR) is 114 cm³/mol. The van der Waals surface area contributed by atoms with E-state index in [1.807, 2.05) is 0 Å². The van der Waals surface area contributed by atoms with Crippen molar-refractivity contribution in [2.75, 3.05) is 19.3 Å². The molecule has 1 saturated heterocycles. The molecule has 3 rings (SSSR count). The number of aromatic nitrogens is 1. The van der Waals surface area contributed by atoms with E-state index in [4.69, 9.17) is 0 Å². The summed E-state index contributed by atoms with van der Waals surface area (Å²) in [6, 6.07) is 7.70. The lowest BCUT2D eigenvalue weighted by atomic mass is 10.2. The van der Waals surface area contributed by atoms with Crippen molar-refractivity contribution < 1.29 is 19.3 Å². The summed E-state index contributed by atoms with van der Waals surface area (Å²) in [5, 5.41) is 13.3. The van der Waals surface area contributed by atoms with E-state index in [-0.39, 0.29) is 29.2 Å². The maximum atomic E-state index is 12.5. The van der Waals surface area contributed by atoms with Crippen LogP contribution in [0.4, 0.5) is 10.5 Å². The molecule has 2 aromatic rings. The molecule has 154 valence electrons. The molecular weight excluding hydrogens is 428 g/mol. The number of carbonyl (C=O) groups is 3. The molecule has 0 unspecified atom stereocenters. The number of benzene rings is 1. The fourth-order valence-electron chi connectivity index (χ4n) is 2.66. The van der Waals surface area contributed by atoms with E-state index in [2.05, 4.69) is 10.3 Å². The highest BCUT2D eigenvalue weighted by molar-refractivity contribution is 8.18. The molecule has 0 spiro atoms. The smallest absolute Gasteiger partial charge is 0.293 e. The molecule has 0 radical (unpaired) electrons. The third-order valence-electron chi connectivity index (χ3n) is 4.11. The lowest BCUT2D eigenvalue weighted by Gasteiger charge is -2.13. The molecule has 11 heteroatoms. The van der Waals surface area contributed by atoms with Crippen molar-refractivity contribution in [3.63, 3.8) is 0 Å². The summed E-state index contributed by atoms with van der Waals surface area (Å²) in [7, 11) is 0.